The molecule has 2 heterocycles. The van der Waals surface area contributed by atoms with Crippen molar-refractivity contribution in [3.8, 4) is 0 Å². The van der Waals surface area contributed by atoms with E-state index < -0.39 is 20.6 Å². The van der Waals surface area contributed by atoms with Crippen LogP contribution in [0, 0.1) is 11.3 Å². The molecule has 24 heavy (non-hydrogen) atoms. The first-order chi connectivity index (χ1) is 11.0. The van der Waals surface area contributed by atoms with Crippen molar-refractivity contribution in [1.29, 1.82) is 0 Å². The van der Waals surface area contributed by atoms with Crippen LogP contribution >= 0.6 is 23.5 Å². The monoisotopic (exact) mass is 389 g/mol. The van der Waals surface area contributed by atoms with Gasteiger partial charge in [-0.2, -0.15) is 0 Å². The van der Waals surface area contributed by atoms with E-state index in [0.29, 0.717) is 0 Å². The van der Waals surface area contributed by atoms with Crippen LogP contribution in [0.15, 0.2) is 9.93 Å². The summed E-state index contributed by atoms with van der Waals surface area (Å²) in [6.07, 6.45) is 0. The van der Waals surface area contributed by atoms with Gasteiger partial charge in [0, 0.05) is 0 Å². The summed E-state index contributed by atoms with van der Waals surface area (Å²) in [6.45, 7) is 14.5. The Labute approximate surface area is 154 Å². The van der Waals surface area contributed by atoms with Crippen LogP contribution < -0.4 is 0 Å². The minimum absolute atomic E-state index is 0.122. The summed E-state index contributed by atoms with van der Waals surface area (Å²) in [4.78, 5) is 26.0. The lowest BCUT2D eigenvalue weighted by atomic mass is 9.66. The third-order valence-corrected chi connectivity index (χ3v) is 8.23. The SMILES string of the molecule is CCSC1=C(C(=O)O)N2C(=O)[C@@H]([C@](C)(O[SiH](C)C)C(C)(C)C)[C@H]2S1. The van der Waals surface area contributed by atoms with Gasteiger partial charge in [-0.25, -0.2) is 4.79 Å². The first-order valence-electron chi connectivity index (χ1n) is 8.23. The highest BCUT2D eigenvalue weighted by atomic mass is 32.2. The molecular weight excluding hydrogens is 362 g/mol. The van der Waals surface area contributed by atoms with Crippen molar-refractivity contribution in [3.63, 3.8) is 0 Å². The van der Waals surface area contributed by atoms with Crippen molar-refractivity contribution in [1.82, 2.24) is 4.90 Å². The highest BCUT2D eigenvalue weighted by molar-refractivity contribution is 8.22. The number of aliphatic carboxylic acids is 1. The van der Waals surface area contributed by atoms with Gasteiger partial charge in [-0.05, 0) is 31.2 Å². The summed E-state index contributed by atoms with van der Waals surface area (Å²) in [6, 6.07) is 0. The first-order valence-corrected chi connectivity index (χ1v) is 12.9. The van der Waals surface area contributed by atoms with Crippen LogP contribution in [0.3, 0.4) is 0 Å². The maximum Gasteiger partial charge on any atom is 0.354 e. The Kier molecular flexibility index (Phi) is 5.55. The average Bonchev–Trinajstić information content (AvgIpc) is 2.71. The zero-order valence-corrected chi connectivity index (χ0v) is 18.2. The van der Waals surface area contributed by atoms with Gasteiger partial charge >= 0.3 is 5.97 Å². The van der Waals surface area contributed by atoms with Gasteiger partial charge in [-0.15, -0.1) is 11.8 Å². The van der Waals surface area contributed by atoms with E-state index >= 15 is 0 Å². The molecule has 136 valence electrons. The number of carboxylic acids is 1. The quantitative estimate of drug-likeness (QED) is 0.555. The van der Waals surface area contributed by atoms with E-state index in [1.807, 2.05) is 13.8 Å². The van der Waals surface area contributed by atoms with E-state index in [1.54, 1.807) is 0 Å². The third kappa shape index (κ3) is 3.06. The van der Waals surface area contributed by atoms with E-state index in [1.165, 1.54) is 28.4 Å². The molecule has 1 fully saturated rings. The maximum absolute atomic E-state index is 12.9. The van der Waals surface area contributed by atoms with Crippen molar-refractivity contribution < 1.29 is 19.1 Å². The molecule has 2 aliphatic heterocycles. The fourth-order valence-corrected chi connectivity index (χ4v) is 7.55. The number of fused-ring (bicyclic) bond motifs is 1. The van der Waals surface area contributed by atoms with Crippen LogP contribution in [0.1, 0.15) is 34.6 Å². The standard InChI is InChI=1S/C16H27NO4S2Si/c1-8-22-14-10(13(19)20)17-11(18)9(12(17)23-14)16(5,15(2,3)4)21-24(6)7/h9,12,24H,8H2,1-7H3,(H,19,20)/t9-,12-,16+/m1/s1. The highest BCUT2D eigenvalue weighted by Gasteiger charge is 2.65. The molecule has 0 aromatic rings. The second kappa shape index (κ2) is 6.70. The minimum Gasteiger partial charge on any atom is -0.477 e. The Morgan fingerprint density at radius 2 is 1.96 bits per heavy atom. The number of amides is 1. The van der Waals surface area contributed by atoms with Crippen molar-refractivity contribution in [2.24, 2.45) is 11.3 Å². The number of carbonyl (C=O) groups is 2. The molecule has 0 bridgehead atoms. The van der Waals surface area contributed by atoms with Gasteiger partial charge in [0.1, 0.15) is 5.37 Å². The topological polar surface area (TPSA) is 66.8 Å². The normalized spacial score (nSPS) is 26.5. The van der Waals surface area contributed by atoms with Crippen LogP contribution in [-0.4, -0.2) is 47.7 Å². The fourth-order valence-electron chi connectivity index (χ4n) is 3.22. The van der Waals surface area contributed by atoms with Crippen molar-refractivity contribution in [2.75, 3.05) is 5.75 Å². The number of carboxylic acid groups (broad SMARTS) is 1. The number of hydrogen-bond donors (Lipinski definition) is 1. The molecule has 3 atom stereocenters. The molecule has 8 heteroatoms. The molecule has 0 unspecified atom stereocenters. The number of hydrogen-bond acceptors (Lipinski definition) is 5. The zero-order valence-electron chi connectivity index (χ0n) is 15.4. The smallest absolute Gasteiger partial charge is 0.354 e. The van der Waals surface area contributed by atoms with Crippen LogP contribution in [-0.2, 0) is 14.0 Å². The maximum atomic E-state index is 12.9. The minimum atomic E-state index is -1.38. The molecule has 0 spiro atoms. The molecule has 2 aliphatic rings. The number of nitrogens with zero attached hydrogens (tertiary/aromatic N) is 1. The zero-order chi connectivity index (χ0) is 18.4. The fraction of sp³-hybridized carbons (Fsp3) is 0.750. The lowest BCUT2D eigenvalue weighted by Crippen LogP contribution is -2.69. The summed E-state index contributed by atoms with van der Waals surface area (Å²) >= 11 is 3.00. The molecule has 1 N–H and O–H groups in total. The lowest BCUT2D eigenvalue weighted by molar-refractivity contribution is -0.173. The summed E-state index contributed by atoms with van der Waals surface area (Å²) < 4.78 is 7.12. The Balaban J connectivity index is 2.37. The molecular formula is C16H27NO4S2Si. The van der Waals surface area contributed by atoms with Gasteiger partial charge in [0.25, 0.3) is 0 Å². The summed E-state index contributed by atoms with van der Waals surface area (Å²) in [5, 5.41) is 9.37. The molecule has 2 rings (SSSR count). The second-order valence-electron chi connectivity index (χ2n) is 7.59. The molecule has 0 saturated carbocycles. The van der Waals surface area contributed by atoms with Gasteiger partial charge in [0.15, 0.2) is 14.7 Å². The number of thioether (sulfide) groups is 2. The van der Waals surface area contributed by atoms with E-state index in [2.05, 4.69) is 33.9 Å². The lowest BCUT2D eigenvalue weighted by Gasteiger charge is -2.56. The van der Waals surface area contributed by atoms with Crippen molar-refractivity contribution in [2.45, 2.75) is 58.7 Å². The highest BCUT2D eigenvalue weighted by Crippen LogP contribution is 2.58. The van der Waals surface area contributed by atoms with E-state index in [-0.39, 0.29) is 28.3 Å². The Hall–Kier alpha value is -0.443. The summed E-state index contributed by atoms with van der Waals surface area (Å²) in [5.41, 5.74) is -0.674. The predicted molar refractivity (Wildman–Crippen MR) is 102 cm³/mol. The molecule has 0 radical (unpaired) electrons. The van der Waals surface area contributed by atoms with Crippen molar-refractivity contribution in [3.05, 3.63) is 9.93 Å². The molecule has 1 amide bonds. The van der Waals surface area contributed by atoms with Gasteiger partial charge in [0.05, 0.1) is 15.8 Å². The van der Waals surface area contributed by atoms with E-state index in [0.717, 1.165) is 9.99 Å². The first kappa shape index (κ1) is 19.9. The van der Waals surface area contributed by atoms with Gasteiger partial charge in [-0.1, -0.05) is 39.5 Å². The molecule has 0 aliphatic carbocycles. The van der Waals surface area contributed by atoms with E-state index in [4.69, 9.17) is 4.43 Å². The van der Waals surface area contributed by atoms with Crippen LogP contribution in [0.25, 0.3) is 0 Å². The van der Waals surface area contributed by atoms with Crippen LogP contribution in [0.4, 0.5) is 0 Å². The predicted octanol–water partition coefficient (Wildman–Crippen LogP) is 3.33. The Morgan fingerprint density at radius 1 is 1.38 bits per heavy atom. The second-order valence-corrected chi connectivity index (χ2v) is 12.6. The van der Waals surface area contributed by atoms with Crippen LogP contribution in [0.2, 0.25) is 13.1 Å². The van der Waals surface area contributed by atoms with Crippen molar-refractivity contribution >= 4 is 44.4 Å². The Bertz CT molecular complexity index is 587. The molecule has 1 saturated heterocycles. The molecule has 5 nitrogen and oxygen atoms in total. The van der Waals surface area contributed by atoms with Gasteiger partial charge in [-0.3, -0.25) is 9.69 Å². The molecule has 0 aromatic heterocycles. The average molecular weight is 390 g/mol. The molecule has 0 aromatic carbocycles. The largest absolute Gasteiger partial charge is 0.477 e. The summed E-state index contributed by atoms with van der Waals surface area (Å²) in [7, 11) is -1.38. The van der Waals surface area contributed by atoms with Gasteiger partial charge in [0.2, 0.25) is 5.91 Å². The third-order valence-electron chi connectivity index (χ3n) is 4.75. The summed E-state index contributed by atoms with van der Waals surface area (Å²) in [5.74, 6) is -0.681. The number of carbonyl (C=O) groups excluding carboxylic acids is 1. The van der Waals surface area contributed by atoms with E-state index in [9.17, 15) is 14.7 Å². The number of rotatable bonds is 6. The number of β-lactam (4-membered cyclic amide) rings is 1. The van der Waals surface area contributed by atoms with Crippen LogP contribution in [0.5, 0.6) is 0 Å². The Morgan fingerprint density at radius 3 is 2.38 bits per heavy atom. The van der Waals surface area contributed by atoms with Gasteiger partial charge < -0.3 is 9.53 Å².